The second-order valence-electron chi connectivity index (χ2n) is 11.4. The molecule has 8 rings (SSSR count). The molecule has 47 heavy (non-hydrogen) atoms. The first-order valence-corrected chi connectivity index (χ1v) is 15.2. The fourth-order valence-corrected chi connectivity index (χ4v) is 6.07. The van der Waals surface area contributed by atoms with Gasteiger partial charge in [-0.1, -0.05) is 34.7 Å². The van der Waals surface area contributed by atoms with Gasteiger partial charge in [-0.25, -0.2) is 9.36 Å². The highest BCUT2D eigenvalue weighted by atomic mass is 19.2. The van der Waals surface area contributed by atoms with Gasteiger partial charge in [-0.3, -0.25) is 9.97 Å². The lowest BCUT2D eigenvalue weighted by Gasteiger charge is -2.31. The SMILES string of the molecule is F[B-]1(F)n2cccc2C(c2ccc(N(Cc3cn(Cc4ccccn4)nn3)Cc3cn(Cc4ccccn4)nn3)cc2)=C2C=CC=[N+]21. The molecule has 0 atom stereocenters. The molecule has 14 heteroatoms. The Morgan fingerprint density at radius 2 is 1.36 bits per heavy atom. The highest BCUT2D eigenvalue weighted by Crippen LogP contribution is 2.38. The number of nitrogens with zero attached hydrogens (tertiary/aromatic N) is 11. The smallest absolute Gasteiger partial charge is 0.396 e. The molecule has 0 N–H and O–H groups in total. The van der Waals surface area contributed by atoms with Crippen molar-refractivity contribution in [2.45, 2.75) is 26.2 Å². The van der Waals surface area contributed by atoms with Crippen LogP contribution < -0.4 is 4.90 Å². The van der Waals surface area contributed by atoms with Crippen LogP contribution in [0.3, 0.4) is 0 Å². The van der Waals surface area contributed by atoms with E-state index in [9.17, 15) is 0 Å². The van der Waals surface area contributed by atoms with Crippen molar-refractivity contribution in [3.8, 4) is 0 Å². The molecule has 2 aliphatic rings. The van der Waals surface area contributed by atoms with Crippen molar-refractivity contribution in [1.82, 2.24) is 44.4 Å². The molecule has 5 aromatic heterocycles. The minimum Gasteiger partial charge on any atom is -0.396 e. The van der Waals surface area contributed by atoms with E-state index in [1.807, 2.05) is 73.1 Å². The maximum Gasteiger partial charge on any atom is 0.737 e. The van der Waals surface area contributed by atoms with Crippen molar-refractivity contribution in [1.29, 1.82) is 0 Å². The molecule has 0 aliphatic carbocycles. The number of allylic oxidation sites excluding steroid dienone is 2. The summed E-state index contributed by atoms with van der Waals surface area (Å²) in [6.07, 6.45) is 13.6. The van der Waals surface area contributed by atoms with Gasteiger partial charge >= 0.3 is 6.97 Å². The van der Waals surface area contributed by atoms with Crippen LogP contribution in [-0.4, -0.2) is 62.1 Å². The standard InChI is InChI=1S/C33H28BF2N11/c35-34(36)46-17-5-9-31(46)33(32-10-6-18-47(32)34)25-11-13-30(14-12-25)43(19-28-23-44(41-39-28)21-26-7-1-3-15-37-26)20-29-24-45(42-40-29)22-27-8-2-4-16-38-27/h1-18,23-24H,19-22H2. The molecule has 0 radical (unpaired) electrons. The highest BCUT2D eigenvalue weighted by Gasteiger charge is 2.51. The zero-order valence-electron chi connectivity index (χ0n) is 25.1. The maximum absolute atomic E-state index is 15.3. The molecule has 11 nitrogen and oxygen atoms in total. The molecule has 0 saturated heterocycles. The molecule has 1 aromatic carbocycles. The molecule has 0 bridgehead atoms. The predicted octanol–water partition coefficient (Wildman–Crippen LogP) is 4.41. The number of fused-ring (bicyclic) bond motifs is 2. The second kappa shape index (κ2) is 11.7. The fraction of sp³-hybridized carbons (Fsp3) is 0.121. The Morgan fingerprint density at radius 3 is 1.96 bits per heavy atom. The number of aromatic nitrogens is 9. The van der Waals surface area contributed by atoms with Gasteiger partial charge in [0, 0.05) is 35.9 Å². The molecule has 0 amide bonds. The Balaban J connectivity index is 1.09. The number of anilines is 1. The summed E-state index contributed by atoms with van der Waals surface area (Å²) in [5.74, 6) is 0. The first-order valence-electron chi connectivity index (χ1n) is 15.2. The molecule has 0 fully saturated rings. The summed E-state index contributed by atoms with van der Waals surface area (Å²) in [4.78, 5) is 10.9. The summed E-state index contributed by atoms with van der Waals surface area (Å²) in [5, 5.41) is 17.5. The second-order valence-corrected chi connectivity index (χ2v) is 11.4. The van der Waals surface area contributed by atoms with E-state index >= 15 is 8.63 Å². The highest BCUT2D eigenvalue weighted by molar-refractivity contribution is 6.57. The van der Waals surface area contributed by atoms with E-state index in [0.29, 0.717) is 37.6 Å². The van der Waals surface area contributed by atoms with Crippen molar-refractivity contribution >= 4 is 24.4 Å². The van der Waals surface area contributed by atoms with Gasteiger partial charge in [0.05, 0.1) is 55.5 Å². The van der Waals surface area contributed by atoms with E-state index in [2.05, 4.69) is 35.5 Å². The van der Waals surface area contributed by atoms with Gasteiger partial charge in [0.1, 0.15) is 17.6 Å². The number of rotatable bonds is 10. The van der Waals surface area contributed by atoms with Crippen LogP contribution in [0.2, 0.25) is 0 Å². The molecule has 0 saturated carbocycles. The van der Waals surface area contributed by atoms with E-state index in [-0.39, 0.29) is 0 Å². The maximum atomic E-state index is 15.3. The zero-order chi connectivity index (χ0) is 31.8. The molecule has 0 unspecified atom stereocenters. The van der Waals surface area contributed by atoms with Gasteiger partial charge < -0.3 is 22.5 Å². The number of hydrogen-bond acceptors (Lipinski definition) is 7. The monoisotopic (exact) mass is 627 g/mol. The zero-order valence-corrected chi connectivity index (χ0v) is 25.1. The molecule has 6 aromatic rings. The van der Waals surface area contributed by atoms with Crippen LogP contribution in [0.5, 0.6) is 0 Å². The van der Waals surface area contributed by atoms with Gasteiger partial charge in [0.15, 0.2) is 5.70 Å². The molecular formula is C33H28BF2N11. The quantitative estimate of drug-likeness (QED) is 0.208. The summed E-state index contributed by atoms with van der Waals surface area (Å²) in [7, 11) is 0. The Bertz CT molecular complexity index is 2050. The van der Waals surface area contributed by atoms with Gasteiger partial charge in [-0.2, -0.15) is 0 Å². The first-order chi connectivity index (χ1) is 23.0. The molecule has 7 heterocycles. The minimum atomic E-state index is -3.96. The lowest BCUT2D eigenvalue weighted by Crippen LogP contribution is -2.49. The van der Waals surface area contributed by atoms with E-state index in [1.165, 1.54) is 12.4 Å². The summed E-state index contributed by atoms with van der Waals surface area (Å²) >= 11 is 0. The van der Waals surface area contributed by atoms with Crippen LogP contribution in [0.25, 0.3) is 5.57 Å². The molecule has 232 valence electrons. The largest absolute Gasteiger partial charge is 0.737 e. The molecule has 2 aliphatic heterocycles. The average molecular weight is 627 g/mol. The predicted molar refractivity (Wildman–Crippen MR) is 172 cm³/mol. The van der Waals surface area contributed by atoms with Crippen LogP contribution in [0.4, 0.5) is 14.3 Å². The summed E-state index contributed by atoms with van der Waals surface area (Å²) in [5.41, 5.74) is 6.78. The first kappa shape index (κ1) is 28.4. The Labute approximate surface area is 268 Å². The Morgan fingerprint density at radius 1 is 0.723 bits per heavy atom. The lowest BCUT2D eigenvalue weighted by atomic mass is 9.86. The van der Waals surface area contributed by atoms with Crippen LogP contribution in [-0.2, 0) is 26.2 Å². The molecular weight excluding hydrogens is 599 g/mol. The van der Waals surface area contributed by atoms with Gasteiger partial charge in [-0.05, 0) is 60.3 Å². The summed E-state index contributed by atoms with van der Waals surface area (Å²) in [6, 6.07) is 22.9. The van der Waals surface area contributed by atoms with Crippen molar-refractivity contribution in [3.63, 3.8) is 0 Å². The van der Waals surface area contributed by atoms with Crippen LogP contribution >= 0.6 is 0 Å². The number of halogens is 2. The molecule has 0 spiro atoms. The Kier molecular flexibility index (Phi) is 7.08. The minimum absolute atomic E-state index is 0.450. The normalized spacial score (nSPS) is 14.6. The van der Waals surface area contributed by atoms with Crippen molar-refractivity contribution in [2.75, 3.05) is 4.90 Å². The summed E-state index contributed by atoms with van der Waals surface area (Å²) in [6.45, 7) is -2.05. The summed E-state index contributed by atoms with van der Waals surface area (Å²) < 4.78 is 36.3. The third-order valence-corrected chi connectivity index (χ3v) is 8.24. The van der Waals surface area contributed by atoms with E-state index < -0.39 is 6.97 Å². The fourth-order valence-electron chi connectivity index (χ4n) is 6.07. The Hall–Kier alpha value is -6.05. The van der Waals surface area contributed by atoms with Gasteiger partial charge in [-0.15, -0.1) is 10.2 Å². The third-order valence-electron chi connectivity index (χ3n) is 8.24. The number of hydrogen-bond donors (Lipinski definition) is 0. The van der Waals surface area contributed by atoms with Gasteiger partial charge in [0.2, 0.25) is 0 Å². The number of benzene rings is 1. The lowest BCUT2D eigenvalue weighted by molar-refractivity contribution is -0.356. The third kappa shape index (κ3) is 5.54. The van der Waals surface area contributed by atoms with Crippen molar-refractivity contribution in [3.05, 3.63) is 156 Å². The van der Waals surface area contributed by atoms with Crippen LogP contribution in [0.15, 0.2) is 122 Å². The van der Waals surface area contributed by atoms with Crippen molar-refractivity contribution < 1.29 is 13.1 Å². The van der Waals surface area contributed by atoms with E-state index in [4.69, 9.17) is 0 Å². The number of pyridine rings is 2. The topological polar surface area (TPSA) is 98.4 Å². The van der Waals surface area contributed by atoms with Crippen LogP contribution in [0, 0.1) is 0 Å². The van der Waals surface area contributed by atoms with Crippen LogP contribution in [0.1, 0.15) is 34.0 Å². The van der Waals surface area contributed by atoms with E-state index in [0.717, 1.165) is 48.6 Å². The van der Waals surface area contributed by atoms with E-state index in [1.54, 1.807) is 46.0 Å². The van der Waals surface area contributed by atoms with Crippen molar-refractivity contribution in [2.24, 2.45) is 0 Å². The van der Waals surface area contributed by atoms with Gasteiger partial charge in [0.25, 0.3) is 0 Å². The average Bonchev–Trinajstić information content (AvgIpc) is 3.92.